The summed E-state index contributed by atoms with van der Waals surface area (Å²) in [6, 6.07) is 14.0. The van der Waals surface area contributed by atoms with Crippen LogP contribution >= 0.6 is 0 Å². The molecule has 3 aromatic rings. The number of aryl methyl sites for hydroxylation is 1. The van der Waals surface area contributed by atoms with Gasteiger partial charge in [0.2, 0.25) is 0 Å². The van der Waals surface area contributed by atoms with Gasteiger partial charge in [0.1, 0.15) is 23.2 Å². The molecule has 156 valence electrons. The topological polar surface area (TPSA) is 9.23 Å². The van der Waals surface area contributed by atoms with Crippen LogP contribution in [0.2, 0.25) is 0 Å². The maximum Gasteiger partial charge on any atom is 0.142 e. The van der Waals surface area contributed by atoms with E-state index < -0.39 is 17.5 Å². The Morgan fingerprint density at radius 2 is 1.39 bits per heavy atom. The highest BCUT2D eigenvalue weighted by molar-refractivity contribution is 5.49. The van der Waals surface area contributed by atoms with Gasteiger partial charge in [0.15, 0.2) is 0 Å². The molecule has 0 saturated heterocycles. The summed E-state index contributed by atoms with van der Waals surface area (Å²) in [6.07, 6.45) is 2.41. The normalized spacial score (nSPS) is 9.97. The molecule has 0 saturated carbocycles. The number of unbranched alkanes of at least 4 members (excludes halogenated alkanes) is 1. The Morgan fingerprint density at radius 1 is 0.742 bits per heavy atom. The van der Waals surface area contributed by atoms with Gasteiger partial charge in [0.05, 0.1) is 18.2 Å². The van der Waals surface area contributed by atoms with E-state index in [9.17, 15) is 13.2 Å². The molecule has 0 N–H and O–H groups in total. The third-order valence-electron chi connectivity index (χ3n) is 4.65. The van der Waals surface area contributed by atoms with Crippen LogP contribution in [-0.4, -0.2) is 7.11 Å². The van der Waals surface area contributed by atoms with Crippen LogP contribution in [0, 0.1) is 41.1 Å². The molecule has 0 fully saturated rings. The molecule has 3 rings (SSSR count). The van der Waals surface area contributed by atoms with Crippen LogP contribution in [0.4, 0.5) is 13.2 Å². The summed E-state index contributed by atoms with van der Waals surface area (Å²) in [5, 5.41) is 0. The predicted octanol–water partition coefficient (Wildman–Crippen LogP) is 6.25. The predicted molar refractivity (Wildman–Crippen MR) is 116 cm³/mol. The first-order chi connectivity index (χ1) is 15.0. The van der Waals surface area contributed by atoms with E-state index in [0.29, 0.717) is 23.3 Å². The van der Waals surface area contributed by atoms with Crippen LogP contribution in [0.25, 0.3) is 0 Å². The number of rotatable bonds is 4. The summed E-state index contributed by atoms with van der Waals surface area (Å²) in [6.45, 7) is 2.02. The van der Waals surface area contributed by atoms with Gasteiger partial charge >= 0.3 is 0 Å². The maximum absolute atomic E-state index is 14.4. The van der Waals surface area contributed by atoms with Gasteiger partial charge in [-0.05, 0) is 73.0 Å². The largest absolute Gasteiger partial charge is 0.497 e. The number of benzene rings is 3. The minimum Gasteiger partial charge on any atom is -0.497 e. The van der Waals surface area contributed by atoms with Crippen molar-refractivity contribution in [2.24, 2.45) is 0 Å². The lowest BCUT2D eigenvalue weighted by Crippen LogP contribution is -1.95. The van der Waals surface area contributed by atoms with E-state index in [2.05, 4.69) is 23.7 Å². The Kier molecular flexibility index (Phi) is 7.41. The molecule has 0 aliphatic carbocycles. The van der Waals surface area contributed by atoms with Gasteiger partial charge in [0, 0.05) is 11.1 Å². The second-order valence-electron chi connectivity index (χ2n) is 6.96. The fourth-order valence-corrected chi connectivity index (χ4v) is 2.91. The van der Waals surface area contributed by atoms with Gasteiger partial charge in [-0.15, -0.1) is 0 Å². The Morgan fingerprint density at radius 3 is 2.00 bits per heavy atom. The first kappa shape index (κ1) is 22.1. The van der Waals surface area contributed by atoms with Gasteiger partial charge < -0.3 is 4.74 Å². The second kappa shape index (κ2) is 10.4. The SMILES string of the molecule is CCCCc1cc(F)c(C#Cc2ccc(C#Cc3ccc(OC)cc3)c(F)c2)c(F)c1. The van der Waals surface area contributed by atoms with Crippen molar-refractivity contribution < 1.29 is 17.9 Å². The number of methoxy groups -OCH3 is 1. The first-order valence-corrected chi connectivity index (χ1v) is 9.95. The van der Waals surface area contributed by atoms with E-state index in [1.807, 2.05) is 6.92 Å². The Balaban J connectivity index is 1.79. The average Bonchev–Trinajstić information content (AvgIpc) is 2.77. The summed E-state index contributed by atoms with van der Waals surface area (Å²) >= 11 is 0. The third kappa shape index (κ3) is 5.93. The monoisotopic (exact) mass is 418 g/mol. The zero-order valence-corrected chi connectivity index (χ0v) is 17.4. The molecular weight excluding hydrogens is 397 g/mol. The fourth-order valence-electron chi connectivity index (χ4n) is 2.91. The molecule has 1 nitrogen and oxygen atoms in total. The molecule has 0 aliphatic rings. The zero-order valence-electron chi connectivity index (χ0n) is 17.4. The zero-order chi connectivity index (χ0) is 22.2. The van der Waals surface area contributed by atoms with Crippen LogP contribution in [0.5, 0.6) is 5.75 Å². The summed E-state index contributed by atoms with van der Waals surface area (Å²) in [5.41, 5.74) is 1.52. The molecule has 3 aromatic carbocycles. The van der Waals surface area contributed by atoms with E-state index in [1.54, 1.807) is 37.4 Å². The van der Waals surface area contributed by atoms with Crippen LogP contribution in [0.3, 0.4) is 0 Å². The van der Waals surface area contributed by atoms with E-state index in [-0.39, 0.29) is 11.1 Å². The number of hydrogen-bond donors (Lipinski definition) is 0. The van der Waals surface area contributed by atoms with Crippen molar-refractivity contribution in [2.75, 3.05) is 7.11 Å². The first-order valence-electron chi connectivity index (χ1n) is 9.95. The molecule has 0 bridgehead atoms. The van der Waals surface area contributed by atoms with Gasteiger partial charge in [-0.3, -0.25) is 0 Å². The lowest BCUT2D eigenvalue weighted by molar-refractivity contribution is 0.415. The number of halogens is 3. The molecule has 0 heterocycles. The summed E-state index contributed by atoms with van der Waals surface area (Å²) in [5.74, 6) is 9.51. The van der Waals surface area contributed by atoms with E-state index in [1.165, 1.54) is 24.3 Å². The Labute approximate surface area is 180 Å². The molecule has 0 aromatic heterocycles. The average molecular weight is 418 g/mol. The van der Waals surface area contributed by atoms with E-state index in [4.69, 9.17) is 4.74 Å². The molecule has 0 unspecified atom stereocenters. The highest BCUT2D eigenvalue weighted by atomic mass is 19.1. The van der Waals surface area contributed by atoms with Gasteiger partial charge in [-0.1, -0.05) is 37.0 Å². The summed E-state index contributed by atoms with van der Waals surface area (Å²) in [4.78, 5) is 0. The number of hydrogen-bond acceptors (Lipinski definition) is 1. The van der Waals surface area contributed by atoms with Gasteiger partial charge in [-0.25, -0.2) is 13.2 Å². The lowest BCUT2D eigenvalue weighted by Gasteiger charge is -2.03. The van der Waals surface area contributed by atoms with Crippen molar-refractivity contribution >= 4 is 0 Å². The van der Waals surface area contributed by atoms with Crippen molar-refractivity contribution in [2.45, 2.75) is 26.2 Å². The third-order valence-corrected chi connectivity index (χ3v) is 4.65. The molecule has 31 heavy (non-hydrogen) atoms. The van der Waals surface area contributed by atoms with Crippen molar-refractivity contribution in [1.82, 2.24) is 0 Å². The molecule has 0 amide bonds. The molecule has 0 atom stereocenters. The fraction of sp³-hybridized carbons (Fsp3) is 0.185. The van der Waals surface area contributed by atoms with E-state index in [0.717, 1.165) is 18.4 Å². The minimum absolute atomic E-state index is 0.207. The van der Waals surface area contributed by atoms with Crippen molar-refractivity contribution in [1.29, 1.82) is 0 Å². The maximum atomic E-state index is 14.4. The van der Waals surface area contributed by atoms with Crippen molar-refractivity contribution in [3.63, 3.8) is 0 Å². The summed E-state index contributed by atoms with van der Waals surface area (Å²) < 4.78 is 48.0. The van der Waals surface area contributed by atoms with Crippen LogP contribution < -0.4 is 4.74 Å². The Bertz CT molecular complexity index is 1170. The van der Waals surface area contributed by atoms with Crippen molar-refractivity contribution in [3.8, 4) is 29.4 Å². The minimum atomic E-state index is -0.707. The van der Waals surface area contributed by atoms with Crippen LogP contribution in [-0.2, 0) is 6.42 Å². The molecular formula is C27H21F3O. The smallest absolute Gasteiger partial charge is 0.142 e. The summed E-state index contributed by atoms with van der Waals surface area (Å²) in [7, 11) is 1.58. The highest BCUT2D eigenvalue weighted by Gasteiger charge is 2.09. The van der Waals surface area contributed by atoms with Crippen molar-refractivity contribution in [3.05, 3.63) is 99.9 Å². The van der Waals surface area contributed by atoms with Gasteiger partial charge in [-0.2, -0.15) is 0 Å². The second-order valence-corrected chi connectivity index (χ2v) is 6.96. The van der Waals surface area contributed by atoms with E-state index >= 15 is 0 Å². The molecule has 0 aliphatic heterocycles. The quantitative estimate of drug-likeness (QED) is 0.455. The Hall–Kier alpha value is -3.63. The lowest BCUT2D eigenvalue weighted by atomic mass is 10.0. The van der Waals surface area contributed by atoms with Gasteiger partial charge in [0.25, 0.3) is 0 Å². The van der Waals surface area contributed by atoms with Crippen LogP contribution in [0.15, 0.2) is 54.6 Å². The molecule has 0 radical (unpaired) electrons. The number of ether oxygens (including phenoxy) is 1. The van der Waals surface area contributed by atoms with Crippen LogP contribution in [0.1, 0.15) is 47.6 Å². The molecule has 0 spiro atoms. The highest BCUT2D eigenvalue weighted by Crippen LogP contribution is 2.17. The standard InChI is InChI=1S/C27H21F3O/c1-3-4-5-21-17-26(29)24(27(30)18-21)15-10-20-7-12-22(25(28)16-20)11-6-19-8-13-23(31-2)14-9-19/h7-9,12-14,16-18H,3-5H2,1-2H3. The molecule has 4 heteroatoms.